The summed E-state index contributed by atoms with van der Waals surface area (Å²) in [5.41, 5.74) is 0.844. The molecule has 1 aliphatic heterocycles. The van der Waals surface area contributed by atoms with Crippen molar-refractivity contribution in [3.8, 4) is 6.07 Å². The van der Waals surface area contributed by atoms with E-state index in [-0.39, 0.29) is 18.4 Å². The molecule has 1 aliphatic carbocycles. The fourth-order valence-electron chi connectivity index (χ4n) is 3.48. The number of hydrogen-bond donors (Lipinski definition) is 1. The molecule has 1 amide bonds. The molecule has 2 aromatic rings. The van der Waals surface area contributed by atoms with Gasteiger partial charge >= 0.3 is 0 Å². The number of carbonyl (C=O) groups is 1. The summed E-state index contributed by atoms with van der Waals surface area (Å²) in [4.78, 5) is 28.1. The lowest BCUT2D eigenvalue weighted by molar-refractivity contribution is -0.129. The molecule has 0 radical (unpaired) electrons. The van der Waals surface area contributed by atoms with Crippen LogP contribution in [0.1, 0.15) is 25.7 Å². The highest BCUT2D eigenvalue weighted by molar-refractivity contribution is 5.87. The second-order valence-electron chi connectivity index (χ2n) is 6.65. The molecular weight excluding hydrogens is 304 g/mol. The normalized spacial score (nSPS) is 20.3. The van der Waals surface area contributed by atoms with E-state index in [1.165, 1.54) is 12.8 Å². The fraction of sp³-hybridized carbons (Fsp3) is 0.529. The third kappa shape index (κ3) is 2.80. The second kappa shape index (κ2) is 6.11. The molecule has 1 atom stereocenters. The number of likely N-dealkylation sites (tertiary alicyclic amines) is 1. The Morgan fingerprint density at radius 2 is 2.29 bits per heavy atom. The lowest BCUT2D eigenvalue weighted by Gasteiger charge is -2.30. The number of nitrogens with one attached hydrogen (secondary N) is 1. The van der Waals surface area contributed by atoms with Crippen LogP contribution in [0, 0.1) is 17.2 Å². The average molecular weight is 324 g/mol. The summed E-state index contributed by atoms with van der Waals surface area (Å²) < 4.78 is 0. The Balaban J connectivity index is 1.60. The van der Waals surface area contributed by atoms with Crippen LogP contribution < -0.4 is 4.90 Å². The lowest BCUT2D eigenvalue weighted by atomic mass is 10.2. The van der Waals surface area contributed by atoms with Crippen LogP contribution in [-0.4, -0.2) is 51.4 Å². The molecule has 0 spiro atoms. The van der Waals surface area contributed by atoms with Crippen molar-refractivity contribution in [2.75, 3.05) is 24.5 Å². The highest BCUT2D eigenvalue weighted by atomic mass is 16.2. The zero-order chi connectivity index (χ0) is 16.5. The number of nitrogens with zero attached hydrogens (tertiary/aromatic N) is 5. The molecule has 1 saturated heterocycles. The number of H-pyrrole nitrogens is 1. The summed E-state index contributed by atoms with van der Waals surface area (Å²) in [5, 5.41) is 9.77. The van der Waals surface area contributed by atoms with Gasteiger partial charge in [-0.2, -0.15) is 5.26 Å². The highest BCUT2D eigenvalue weighted by Gasteiger charge is 2.35. The van der Waals surface area contributed by atoms with Crippen LogP contribution in [0.3, 0.4) is 0 Å². The van der Waals surface area contributed by atoms with Gasteiger partial charge in [0, 0.05) is 31.9 Å². The number of amides is 1. The Morgan fingerprint density at radius 1 is 1.42 bits per heavy atom. The van der Waals surface area contributed by atoms with E-state index in [2.05, 4.69) is 19.9 Å². The number of carbonyl (C=O) groups excluding carboxylic acids is 1. The number of aromatic nitrogens is 3. The number of anilines is 1. The van der Waals surface area contributed by atoms with Crippen molar-refractivity contribution in [3.63, 3.8) is 0 Å². The first kappa shape index (κ1) is 14.9. The molecule has 0 aromatic carbocycles. The molecule has 4 rings (SSSR count). The van der Waals surface area contributed by atoms with E-state index < -0.39 is 0 Å². The minimum atomic E-state index is -0.0687. The summed E-state index contributed by atoms with van der Waals surface area (Å²) in [5.74, 6) is 1.60. The van der Waals surface area contributed by atoms with Crippen LogP contribution in [0.25, 0.3) is 11.0 Å². The first-order valence-electron chi connectivity index (χ1n) is 8.45. The van der Waals surface area contributed by atoms with Gasteiger partial charge in [-0.15, -0.1) is 0 Å². The predicted octanol–water partition coefficient (Wildman–Crippen LogP) is 1.69. The fourth-order valence-corrected chi connectivity index (χ4v) is 3.48. The van der Waals surface area contributed by atoms with Crippen LogP contribution in [0.5, 0.6) is 0 Å². The molecule has 1 saturated carbocycles. The minimum Gasteiger partial charge on any atom is -0.351 e. The Hall–Kier alpha value is -2.62. The van der Waals surface area contributed by atoms with Gasteiger partial charge in [0.25, 0.3) is 0 Å². The summed E-state index contributed by atoms with van der Waals surface area (Å²) >= 11 is 0. The van der Waals surface area contributed by atoms with Crippen LogP contribution in [0.15, 0.2) is 18.6 Å². The molecule has 2 fully saturated rings. The standard InChI is InChI=1S/C17H20N6O/c18-6-3-15(24)22-8-5-13(10-22)23(9-12-1-2-12)17-14-4-7-19-16(14)20-11-21-17/h4,7,11-13H,1-3,5,8-10H2,(H,19,20,21). The maximum atomic E-state index is 12.0. The van der Waals surface area contributed by atoms with Crippen LogP contribution >= 0.6 is 0 Å². The van der Waals surface area contributed by atoms with Gasteiger partial charge in [0.1, 0.15) is 24.2 Å². The number of hydrogen-bond acceptors (Lipinski definition) is 5. The Bertz CT molecular complexity index is 790. The second-order valence-corrected chi connectivity index (χ2v) is 6.65. The SMILES string of the molecule is N#CCC(=O)N1CCC(N(CC2CC2)c2ncnc3[nH]ccc23)C1. The molecule has 3 heterocycles. The smallest absolute Gasteiger partial charge is 0.236 e. The van der Waals surface area contributed by atoms with Crippen molar-refractivity contribution in [3.05, 3.63) is 18.6 Å². The van der Waals surface area contributed by atoms with Crippen molar-refractivity contribution < 1.29 is 4.79 Å². The van der Waals surface area contributed by atoms with Crippen molar-refractivity contribution in [1.82, 2.24) is 19.9 Å². The van der Waals surface area contributed by atoms with E-state index >= 15 is 0 Å². The summed E-state index contributed by atoms with van der Waals surface area (Å²) in [6, 6.07) is 4.22. The van der Waals surface area contributed by atoms with Gasteiger partial charge in [-0.3, -0.25) is 4.79 Å². The zero-order valence-corrected chi connectivity index (χ0v) is 13.5. The highest BCUT2D eigenvalue weighted by Crippen LogP contribution is 2.35. The van der Waals surface area contributed by atoms with E-state index in [1.54, 1.807) is 6.33 Å². The quantitative estimate of drug-likeness (QED) is 0.904. The first-order valence-corrected chi connectivity index (χ1v) is 8.45. The molecule has 1 N–H and O–H groups in total. The van der Waals surface area contributed by atoms with E-state index in [4.69, 9.17) is 5.26 Å². The van der Waals surface area contributed by atoms with Crippen molar-refractivity contribution in [2.24, 2.45) is 5.92 Å². The van der Waals surface area contributed by atoms with Gasteiger partial charge in [0.05, 0.1) is 11.5 Å². The predicted molar refractivity (Wildman–Crippen MR) is 89.2 cm³/mol. The average Bonchev–Trinajstić information content (AvgIpc) is 3.09. The topological polar surface area (TPSA) is 88.9 Å². The summed E-state index contributed by atoms with van der Waals surface area (Å²) in [6.07, 6.45) is 6.89. The van der Waals surface area contributed by atoms with Gasteiger partial charge in [0.2, 0.25) is 5.91 Å². The number of rotatable bonds is 5. The number of nitriles is 1. The zero-order valence-electron chi connectivity index (χ0n) is 13.5. The molecule has 24 heavy (non-hydrogen) atoms. The van der Waals surface area contributed by atoms with E-state index in [0.717, 1.165) is 35.7 Å². The third-order valence-corrected chi connectivity index (χ3v) is 4.94. The van der Waals surface area contributed by atoms with Gasteiger partial charge in [0.15, 0.2) is 0 Å². The third-order valence-electron chi connectivity index (χ3n) is 4.94. The molecule has 124 valence electrons. The van der Waals surface area contributed by atoms with Crippen LogP contribution in [0.2, 0.25) is 0 Å². The van der Waals surface area contributed by atoms with Crippen LogP contribution in [0.4, 0.5) is 5.82 Å². The Labute approximate surface area is 140 Å². The Kier molecular flexibility index (Phi) is 3.81. The maximum Gasteiger partial charge on any atom is 0.236 e. The molecule has 7 nitrogen and oxygen atoms in total. The number of aromatic amines is 1. The van der Waals surface area contributed by atoms with Gasteiger partial charge in [-0.25, -0.2) is 9.97 Å². The Morgan fingerprint density at radius 3 is 3.08 bits per heavy atom. The lowest BCUT2D eigenvalue weighted by Crippen LogP contribution is -2.40. The van der Waals surface area contributed by atoms with Gasteiger partial charge in [-0.1, -0.05) is 0 Å². The minimum absolute atomic E-state index is 0.0368. The van der Waals surface area contributed by atoms with Crippen molar-refractivity contribution in [1.29, 1.82) is 5.26 Å². The molecule has 7 heteroatoms. The van der Waals surface area contributed by atoms with E-state index in [0.29, 0.717) is 13.1 Å². The largest absolute Gasteiger partial charge is 0.351 e. The molecule has 2 aromatic heterocycles. The molecule has 2 aliphatic rings. The van der Waals surface area contributed by atoms with E-state index in [1.807, 2.05) is 23.2 Å². The number of fused-ring (bicyclic) bond motifs is 1. The molecular formula is C17H20N6O. The molecule has 0 bridgehead atoms. The van der Waals surface area contributed by atoms with Crippen molar-refractivity contribution in [2.45, 2.75) is 31.7 Å². The summed E-state index contributed by atoms with van der Waals surface area (Å²) in [7, 11) is 0. The van der Waals surface area contributed by atoms with E-state index in [9.17, 15) is 4.79 Å². The van der Waals surface area contributed by atoms with Gasteiger partial charge < -0.3 is 14.8 Å². The van der Waals surface area contributed by atoms with Crippen LogP contribution in [-0.2, 0) is 4.79 Å². The monoisotopic (exact) mass is 324 g/mol. The maximum absolute atomic E-state index is 12.0. The summed E-state index contributed by atoms with van der Waals surface area (Å²) in [6.45, 7) is 2.36. The van der Waals surface area contributed by atoms with Crippen molar-refractivity contribution >= 4 is 22.8 Å². The van der Waals surface area contributed by atoms with Gasteiger partial charge in [-0.05, 0) is 31.2 Å². The first-order chi connectivity index (χ1) is 11.8. The molecule has 1 unspecified atom stereocenters.